The van der Waals surface area contributed by atoms with Gasteiger partial charge in [0.25, 0.3) is 0 Å². The van der Waals surface area contributed by atoms with Gasteiger partial charge in [-0.1, -0.05) is 0 Å². The maximum absolute atomic E-state index is 14.0. The fourth-order valence-electron chi connectivity index (χ4n) is 2.17. The molecule has 0 amide bonds. The first-order valence-electron chi connectivity index (χ1n) is 6.07. The van der Waals surface area contributed by atoms with Crippen molar-refractivity contribution in [2.24, 2.45) is 0 Å². The number of fused-ring (bicyclic) bond motifs is 1. The Morgan fingerprint density at radius 2 is 1.90 bits per heavy atom. The zero-order valence-electron chi connectivity index (χ0n) is 10.9. The van der Waals surface area contributed by atoms with Gasteiger partial charge in [0, 0.05) is 6.20 Å². The summed E-state index contributed by atoms with van der Waals surface area (Å²) in [6, 6.07) is 3.74. The van der Waals surface area contributed by atoms with E-state index in [9.17, 15) is 13.2 Å². The SMILES string of the molecule is Cc1ccnc2c1nc(CCl)n2-c1ccc(F)c(F)c1F. The zero-order valence-corrected chi connectivity index (χ0v) is 11.6. The average molecular weight is 312 g/mol. The first-order chi connectivity index (χ1) is 10.0. The van der Waals surface area contributed by atoms with Gasteiger partial charge in [-0.05, 0) is 30.7 Å². The third-order valence-corrected chi connectivity index (χ3v) is 3.43. The molecule has 0 saturated heterocycles. The number of aryl methyl sites for hydroxylation is 1. The number of halogens is 4. The minimum Gasteiger partial charge on any atom is -0.277 e. The van der Waals surface area contributed by atoms with Crippen LogP contribution in [0.4, 0.5) is 13.2 Å². The summed E-state index contributed by atoms with van der Waals surface area (Å²) >= 11 is 5.83. The summed E-state index contributed by atoms with van der Waals surface area (Å²) in [5.41, 5.74) is 1.53. The van der Waals surface area contributed by atoms with E-state index in [4.69, 9.17) is 11.6 Å². The maximum Gasteiger partial charge on any atom is 0.196 e. The summed E-state index contributed by atoms with van der Waals surface area (Å²) in [7, 11) is 0. The largest absolute Gasteiger partial charge is 0.277 e. The van der Waals surface area contributed by atoms with E-state index in [1.165, 1.54) is 10.8 Å². The predicted molar refractivity (Wildman–Crippen MR) is 73.0 cm³/mol. The highest BCUT2D eigenvalue weighted by Gasteiger charge is 2.20. The summed E-state index contributed by atoms with van der Waals surface area (Å²) in [5, 5.41) is 0. The molecule has 3 aromatic rings. The van der Waals surface area contributed by atoms with Gasteiger partial charge in [-0.2, -0.15) is 0 Å². The van der Waals surface area contributed by atoms with Gasteiger partial charge in [0.2, 0.25) is 0 Å². The van der Waals surface area contributed by atoms with Crippen LogP contribution in [0.15, 0.2) is 24.4 Å². The van der Waals surface area contributed by atoms with Crippen molar-refractivity contribution in [2.75, 3.05) is 0 Å². The van der Waals surface area contributed by atoms with Crippen molar-refractivity contribution >= 4 is 22.8 Å². The van der Waals surface area contributed by atoms with E-state index in [-0.39, 0.29) is 11.6 Å². The molecule has 0 saturated carbocycles. The molecule has 3 rings (SSSR count). The fraction of sp³-hybridized carbons (Fsp3) is 0.143. The molecule has 2 aromatic heterocycles. The molecule has 0 aliphatic heterocycles. The van der Waals surface area contributed by atoms with Crippen molar-refractivity contribution < 1.29 is 13.2 Å². The molecule has 0 aliphatic rings. The number of hydrogen-bond acceptors (Lipinski definition) is 2. The van der Waals surface area contributed by atoms with Crippen molar-refractivity contribution in [3.63, 3.8) is 0 Å². The van der Waals surface area contributed by atoms with Gasteiger partial charge in [-0.3, -0.25) is 4.57 Å². The molecule has 1 aromatic carbocycles. The highest BCUT2D eigenvalue weighted by Crippen LogP contribution is 2.26. The quantitative estimate of drug-likeness (QED) is 0.531. The van der Waals surface area contributed by atoms with Crippen LogP contribution in [0, 0.1) is 24.4 Å². The molecule has 0 atom stereocenters. The number of hydrogen-bond donors (Lipinski definition) is 0. The molecule has 21 heavy (non-hydrogen) atoms. The third kappa shape index (κ3) is 2.06. The van der Waals surface area contributed by atoms with Crippen molar-refractivity contribution in [1.82, 2.24) is 14.5 Å². The number of nitrogens with zero attached hydrogens (tertiary/aromatic N) is 3. The standard InChI is InChI=1S/C14H9ClF3N3/c1-7-4-5-19-14-13(7)20-10(6-15)21(14)9-3-2-8(16)11(17)12(9)18/h2-5H,6H2,1H3. The van der Waals surface area contributed by atoms with Crippen LogP contribution in [0.5, 0.6) is 0 Å². The fourth-order valence-corrected chi connectivity index (χ4v) is 2.35. The Kier molecular flexibility index (Phi) is 3.33. The van der Waals surface area contributed by atoms with E-state index in [1.807, 2.05) is 6.92 Å². The molecule has 0 spiro atoms. The molecule has 3 nitrogen and oxygen atoms in total. The summed E-state index contributed by atoms with van der Waals surface area (Å²) in [5.74, 6) is -3.81. The molecule has 108 valence electrons. The van der Waals surface area contributed by atoms with Crippen molar-refractivity contribution in [2.45, 2.75) is 12.8 Å². The first kappa shape index (κ1) is 13.9. The van der Waals surface area contributed by atoms with Crippen LogP contribution in [0.3, 0.4) is 0 Å². The molecule has 0 bridgehead atoms. The lowest BCUT2D eigenvalue weighted by Crippen LogP contribution is -2.05. The third-order valence-electron chi connectivity index (χ3n) is 3.19. The molecule has 0 unspecified atom stereocenters. The van der Waals surface area contributed by atoms with Gasteiger partial charge in [-0.15, -0.1) is 11.6 Å². The minimum absolute atomic E-state index is 0.0196. The number of imidazole rings is 1. The summed E-state index contributed by atoms with van der Waals surface area (Å²) < 4.78 is 41.9. The minimum atomic E-state index is -1.54. The van der Waals surface area contributed by atoms with Crippen LogP contribution in [0.25, 0.3) is 16.9 Å². The lowest BCUT2D eigenvalue weighted by molar-refractivity contribution is 0.444. The Bertz CT molecular complexity index is 845. The normalized spacial score (nSPS) is 11.3. The predicted octanol–water partition coefficient (Wildman–Crippen LogP) is 3.89. The number of aromatic nitrogens is 3. The van der Waals surface area contributed by atoms with Gasteiger partial charge in [-0.25, -0.2) is 23.1 Å². The molecule has 2 heterocycles. The van der Waals surface area contributed by atoms with E-state index in [0.29, 0.717) is 17.0 Å². The average Bonchev–Trinajstić information content (AvgIpc) is 2.85. The molecule has 0 N–H and O–H groups in total. The highest BCUT2D eigenvalue weighted by atomic mass is 35.5. The van der Waals surface area contributed by atoms with Crippen molar-refractivity contribution in [3.05, 3.63) is 53.2 Å². The zero-order chi connectivity index (χ0) is 15.1. The Morgan fingerprint density at radius 1 is 1.14 bits per heavy atom. The van der Waals surface area contributed by atoms with Crippen LogP contribution in [-0.4, -0.2) is 14.5 Å². The summed E-state index contributed by atoms with van der Waals surface area (Å²) in [6.45, 7) is 1.82. The number of alkyl halides is 1. The second-order valence-corrected chi connectivity index (χ2v) is 4.76. The van der Waals surface area contributed by atoms with Crippen LogP contribution >= 0.6 is 11.6 Å². The Morgan fingerprint density at radius 3 is 2.62 bits per heavy atom. The Hall–Kier alpha value is -2.08. The topological polar surface area (TPSA) is 30.7 Å². The van der Waals surface area contributed by atoms with Gasteiger partial charge in [0.05, 0.1) is 11.6 Å². The Labute approximate surface area is 123 Å². The Balaban J connectivity index is 2.40. The number of benzene rings is 1. The molecule has 7 heteroatoms. The highest BCUT2D eigenvalue weighted by molar-refractivity contribution is 6.17. The summed E-state index contributed by atoms with van der Waals surface area (Å²) in [6.07, 6.45) is 1.53. The monoisotopic (exact) mass is 311 g/mol. The van der Waals surface area contributed by atoms with Gasteiger partial charge >= 0.3 is 0 Å². The maximum atomic E-state index is 14.0. The van der Waals surface area contributed by atoms with E-state index < -0.39 is 17.5 Å². The molecule has 0 radical (unpaired) electrons. The molecule has 0 fully saturated rings. The lowest BCUT2D eigenvalue weighted by Gasteiger charge is -2.09. The summed E-state index contributed by atoms with van der Waals surface area (Å²) in [4.78, 5) is 8.43. The van der Waals surface area contributed by atoms with E-state index in [0.717, 1.165) is 17.7 Å². The van der Waals surface area contributed by atoms with Gasteiger partial charge in [0.1, 0.15) is 11.3 Å². The van der Waals surface area contributed by atoms with E-state index in [1.54, 1.807) is 6.07 Å². The van der Waals surface area contributed by atoms with Crippen LogP contribution in [0.1, 0.15) is 11.4 Å². The van der Waals surface area contributed by atoms with E-state index >= 15 is 0 Å². The lowest BCUT2D eigenvalue weighted by atomic mass is 10.2. The van der Waals surface area contributed by atoms with Crippen molar-refractivity contribution in [1.29, 1.82) is 0 Å². The van der Waals surface area contributed by atoms with Crippen LogP contribution in [0.2, 0.25) is 0 Å². The van der Waals surface area contributed by atoms with Gasteiger partial charge in [0.15, 0.2) is 23.1 Å². The molecule has 0 aliphatic carbocycles. The smallest absolute Gasteiger partial charge is 0.196 e. The van der Waals surface area contributed by atoms with E-state index in [2.05, 4.69) is 9.97 Å². The second kappa shape index (κ2) is 5.04. The molecular weight excluding hydrogens is 303 g/mol. The number of rotatable bonds is 2. The van der Waals surface area contributed by atoms with Crippen molar-refractivity contribution in [3.8, 4) is 5.69 Å². The van der Waals surface area contributed by atoms with Crippen LogP contribution < -0.4 is 0 Å². The molecular formula is C14H9ClF3N3. The second-order valence-electron chi connectivity index (χ2n) is 4.49. The van der Waals surface area contributed by atoms with Crippen LogP contribution in [-0.2, 0) is 5.88 Å². The first-order valence-corrected chi connectivity index (χ1v) is 6.60. The van der Waals surface area contributed by atoms with Gasteiger partial charge < -0.3 is 0 Å². The number of pyridine rings is 1.